The van der Waals surface area contributed by atoms with Crippen LogP contribution in [0.4, 0.5) is 5.95 Å². The van der Waals surface area contributed by atoms with Gasteiger partial charge < -0.3 is 9.80 Å². The van der Waals surface area contributed by atoms with Crippen LogP contribution >= 0.6 is 0 Å². The van der Waals surface area contributed by atoms with Crippen molar-refractivity contribution in [2.24, 2.45) is 5.92 Å². The number of fused-ring (bicyclic) bond motifs is 3. The van der Waals surface area contributed by atoms with Gasteiger partial charge in [0, 0.05) is 42.5 Å². The standard InChI is InChI=1S/C27H30N6O/c1-18-8-7-11-21(16-18)24-29-30-25-22-12-5-6-13-23(22)28-27(33(24)25)31-14-15-32(19(2)17-31)26(34)20-9-3-4-10-20/h5-8,11-13,16,19-20H,3-4,9-10,14-15,17H2,1-2H3. The van der Waals surface area contributed by atoms with Gasteiger partial charge in [-0.1, -0.05) is 48.7 Å². The second-order valence-electron chi connectivity index (χ2n) is 9.79. The third kappa shape index (κ3) is 3.50. The van der Waals surface area contributed by atoms with E-state index in [0.717, 1.165) is 59.8 Å². The predicted molar refractivity (Wildman–Crippen MR) is 134 cm³/mol. The average molecular weight is 455 g/mol. The van der Waals surface area contributed by atoms with Crippen molar-refractivity contribution in [3.8, 4) is 11.4 Å². The number of aryl methyl sites for hydroxylation is 1. The summed E-state index contributed by atoms with van der Waals surface area (Å²) in [6.45, 7) is 6.45. The molecule has 2 aliphatic rings. The first kappa shape index (κ1) is 21.1. The largest absolute Gasteiger partial charge is 0.338 e. The first-order chi connectivity index (χ1) is 16.6. The Bertz CT molecular complexity index is 1370. The Balaban J connectivity index is 1.42. The van der Waals surface area contributed by atoms with Crippen LogP contribution in [0.1, 0.15) is 38.2 Å². The summed E-state index contributed by atoms with van der Waals surface area (Å²) in [4.78, 5) is 22.6. The zero-order chi connectivity index (χ0) is 23.2. The van der Waals surface area contributed by atoms with Crippen molar-refractivity contribution in [3.63, 3.8) is 0 Å². The minimum Gasteiger partial charge on any atom is -0.338 e. The maximum absolute atomic E-state index is 13.1. The highest BCUT2D eigenvalue weighted by molar-refractivity contribution is 5.93. The van der Waals surface area contributed by atoms with Crippen LogP contribution in [0.25, 0.3) is 27.9 Å². The van der Waals surface area contributed by atoms with Gasteiger partial charge in [-0.3, -0.25) is 4.79 Å². The molecule has 174 valence electrons. The number of para-hydroxylation sites is 1. The van der Waals surface area contributed by atoms with Crippen molar-refractivity contribution in [3.05, 3.63) is 54.1 Å². The number of amides is 1. The van der Waals surface area contributed by atoms with Crippen molar-refractivity contribution in [1.82, 2.24) is 24.5 Å². The number of carbonyl (C=O) groups excluding carboxylic acids is 1. The lowest BCUT2D eigenvalue weighted by molar-refractivity contribution is -0.137. The normalized spacial score (nSPS) is 19.4. The molecule has 2 aromatic carbocycles. The molecule has 2 aromatic heterocycles. The number of benzene rings is 2. The zero-order valence-corrected chi connectivity index (χ0v) is 19.8. The molecule has 3 heterocycles. The molecule has 0 radical (unpaired) electrons. The van der Waals surface area contributed by atoms with Crippen molar-refractivity contribution < 1.29 is 4.79 Å². The zero-order valence-electron chi connectivity index (χ0n) is 19.8. The minimum atomic E-state index is 0.129. The summed E-state index contributed by atoms with van der Waals surface area (Å²) in [6.07, 6.45) is 4.44. The van der Waals surface area contributed by atoms with E-state index in [1.165, 1.54) is 18.4 Å². The second kappa shape index (κ2) is 8.38. The molecule has 1 aliphatic carbocycles. The highest BCUT2D eigenvalue weighted by Gasteiger charge is 2.34. The molecule has 2 fully saturated rings. The first-order valence-corrected chi connectivity index (χ1v) is 12.4. The SMILES string of the molecule is Cc1cccc(-c2nnc3c4ccccc4nc(N4CCN(C(=O)C5CCCC5)C(C)C4)n23)c1. The monoisotopic (exact) mass is 454 g/mol. The third-order valence-corrected chi connectivity index (χ3v) is 7.40. The fourth-order valence-electron chi connectivity index (χ4n) is 5.62. The lowest BCUT2D eigenvalue weighted by Gasteiger charge is -2.41. The summed E-state index contributed by atoms with van der Waals surface area (Å²) < 4.78 is 2.10. The molecule has 1 aliphatic heterocycles. The number of nitrogens with zero attached hydrogens (tertiary/aromatic N) is 6. The quantitative estimate of drug-likeness (QED) is 0.457. The summed E-state index contributed by atoms with van der Waals surface area (Å²) >= 11 is 0. The summed E-state index contributed by atoms with van der Waals surface area (Å²) in [7, 11) is 0. The average Bonchev–Trinajstić information content (AvgIpc) is 3.54. The van der Waals surface area contributed by atoms with Gasteiger partial charge in [-0.2, -0.15) is 0 Å². The van der Waals surface area contributed by atoms with E-state index < -0.39 is 0 Å². The van der Waals surface area contributed by atoms with Gasteiger partial charge in [0.2, 0.25) is 11.9 Å². The van der Waals surface area contributed by atoms with Crippen LogP contribution < -0.4 is 4.90 Å². The molecule has 0 bridgehead atoms. The number of anilines is 1. The van der Waals surface area contributed by atoms with Gasteiger partial charge >= 0.3 is 0 Å². The first-order valence-electron chi connectivity index (χ1n) is 12.4. The molecule has 0 N–H and O–H groups in total. The van der Waals surface area contributed by atoms with Crippen molar-refractivity contribution in [1.29, 1.82) is 0 Å². The smallest absolute Gasteiger partial charge is 0.226 e. The third-order valence-electron chi connectivity index (χ3n) is 7.40. The summed E-state index contributed by atoms with van der Waals surface area (Å²) in [5.41, 5.74) is 3.92. The van der Waals surface area contributed by atoms with Crippen LogP contribution in [0.15, 0.2) is 48.5 Å². The topological polar surface area (TPSA) is 66.6 Å². The minimum absolute atomic E-state index is 0.129. The van der Waals surface area contributed by atoms with Crippen molar-refractivity contribution >= 4 is 28.4 Å². The summed E-state index contributed by atoms with van der Waals surface area (Å²) in [6, 6.07) is 16.6. The molecule has 1 saturated carbocycles. The van der Waals surface area contributed by atoms with E-state index in [2.05, 4.69) is 68.6 Å². The fraction of sp³-hybridized carbons (Fsp3) is 0.407. The molecular formula is C27H30N6O. The van der Waals surface area contributed by atoms with Gasteiger partial charge in [0.05, 0.1) is 5.52 Å². The van der Waals surface area contributed by atoms with E-state index in [4.69, 9.17) is 4.98 Å². The van der Waals surface area contributed by atoms with Crippen LogP contribution in [0.5, 0.6) is 0 Å². The van der Waals surface area contributed by atoms with Crippen LogP contribution in [-0.4, -0.2) is 56.1 Å². The number of hydrogen-bond acceptors (Lipinski definition) is 5. The lowest BCUT2D eigenvalue weighted by Crippen LogP contribution is -2.55. The number of aromatic nitrogens is 4. The van der Waals surface area contributed by atoms with Gasteiger partial charge in [0.15, 0.2) is 11.5 Å². The van der Waals surface area contributed by atoms with Gasteiger partial charge in [-0.05, 0) is 44.9 Å². The maximum Gasteiger partial charge on any atom is 0.226 e. The molecule has 1 amide bonds. The van der Waals surface area contributed by atoms with Crippen LogP contribution in [-0.2, 0) is 4.79 Å². The molecule has 7 heteroatoms. The number of rotatable bonds is 3. The van der Waals surface area contributed by atoms with Gasteiger partial charge in [0.25, 0.3) is 0 Å². The summed E-state index contributed by atoms with van der Waals surface area (Å²) in [5.74, 6) is 2.19. The molecular weight excluding hydrogens is 424 g/mol. The molecule has 7 nitrogen and oxygen atoms in total. The second-order valence-corrected chi connectivity index (χ2v) is 9.79. The molecule has 1 atom stereocenters. The number of piperazine rings is 1. The van der Waals surface area contributed by atoms with Crippen molar-refractivity contribution in [2.75, 3.05) is 24.5 Å². The Hall–Kier alpha value is -3.48. The molecule has 1 unspecified atom stereocenters. The van der Waals surface area contributed by atoms with E-state index in [-0.39, 0.29) is 12.0 Å². The van der Waals surface area contributed by atoms with E-state index in [9.17, 15) is 4.79 Å². The predicted octanol–water partition coefficient (Wildman–Crippen LogP) is 4.48. The number of carbonyl (C=O) groups is 1. The van der Waals surface area contributed by atoms with Gasteiger partial charge in [-0.15, -0.1) is 10.2 Å². The molecule has 1 saturated heterocycles. The van der Waals surface area contributed by atoms with Crippen LogP contribution in [0.2, 0.25) is 0 Å². The number of hydrogen-bond donors (Lipinski definition) is 0. The Morgan fingerprint density at radius 2 is 1.82 bits per heavy atom. The molecule has 6 rings (SSSR count). The van der Waals surface area contributed by atoms with Crippen LogP contribution in [0.3, 0.4) is 0 Å². The van der Waals surface area contributed by atoms with E-state index >= 15 is 0 Å². The summed E-state index contributed by atoms with van der Waals surface area (Å²) in [5, 5.41) is 10.2. The highest BCUT2D eigenvalue weighted by Crippen LogP contribution is 2.31. The van der Waals surface area contributed by atoms with Gasteiger partial charge in [0.1, 0.15) is 0 Å². The Kier molecular flexibility index (Phi) is 5.20. The maximum atomic E-state index is 13.1. The fourth-order valence-corrected chi connectivity index (χ4v) is 5.62. The van der Waals surface area contributed by atoms with Gasteiger partial charge in [-0.25, -0.2) is 9.38 Å². The molecule has 34 heavy (non-hydrogen) atoms. The van der Waals surface area contributed by atoms with E-state index in [0.29, 0.717) is 12.5 Å². The van der Waals surface area contributed by atoms with E-state index in [1.54, 1.807) is 0 Å². The van der Waals surface area contributed by atoms with E-state index in [1.807, 2.05) is 18.2 Å². The molecule has 0 spiro atoms. The molecule has 4 aromatic rings. The Labute approximate surface area is 199 Å². The van der Waals surface area contributed by atoms with Crippen LogP contribution in [0, 0.1) is 12.8 Å². The lowest BCUT2D eigenvalue weighted by atomic mass is 10.0. The van der Waals surface area contributed by atoms with Crippen molar-refractivity contribution in [2.45, 2.75) is 45.6 Å². The Morgan fingerprint density at radius 3 is 2.62 bits per heavy atom. The Morgan fingerprint density at radius 1 is 1.00 bits per heavy atom. The highest BCUT2D eigenvalue weighted by atomic mass is 16.2.